The fourth-order valence-electron chi connectivity index (χ4n) is 1.57. The van der Waals surface area contributed by atoms with Crippen molar-refractivity contribution in [3.63, 3.8) is 0 Å². The van der Waals surface area contributed by atoms with Gasteiger partial charge < -0.3 is 9.47 Å². The fraction of sp³-hybridized carbons (Fsp3) is 0.143. The molecule has 6 nitrogen and oxygen atoms in total. The van der Waals surface area contributed by atoms with Crippen molar-refractivity contribution in [3.05, 3.63) is 48.7 Å². The van der Waals surface area contributed by atoms with Crippen molar-refractivity contribution in [2.75, 3.05) is 19.3 Å². The number of rotatable bonds is 4. The number of pyridine rings is 1. The van der Waals surface area contributed by atoms with E-state index >= 15 is 0 Å². The van der Waals surface area contributed by atoms with Gasteiger partial charge in [0.05, 0.1) is 14.2 Å². The lowest BCUT2D eigenvalue weighted by Gasteiger charge is -2.19. The lowest BCUT2D eigenvalue weighted by atomic mass is 10.3. The number of anilines is 1. The number of para-hydroxylation sites is 1. The summed E-state index contributed by atoms with van der Waals surface area (Å²) in [5, 5.41) is 0.964. The summed E-state index contributed by atoms with van der Waals surface area (Å²) in [6.45, 7) is 0. The maximum absolute atomic E-state index is 11.6. The molecule has 0 saturated heterocycles. The zero-order chi connectivity index (χ0) is 14.4. The van der Waals surface area contributed by atoms with Gasteiger partial charge in [0.1, 0.15) is 11.4 Å². The summed E-state index contributed by atoms with van der Waals surface area (Å²) in [7, 11) is 2.62. The summed E-state index contributed by atoms with van der Waals surface area (Å²) in [5.41, 5.74) is 0.353. The van der Waals surface area contributed by atoms with Crippen LogP contribution in [0.15, 0.2) is 48.7 Å². The number of hydrogen-bond donors (Lipinski definition) is 0. The number of nitrogens with zero attached hydrogens (tertiary/aromatic N) is 2. The quantitative estimate of drug-likeness (QED) is 0.802. The molecule has 0 aliphatic rings. The monoisotopic (exact) mass is 274 g/mol. The third-order valence-corrected chi connectivity index (χ3v) is 2.45. The molecular formula is C14H14N2O4. The van der Waals surface area contributed by atoms with Gasteiger partial charge in [-0.15, -0.1) is 5.06 Å². The number of aromatic nitrogens is 1. The van der Waals surface area contributed by atoms with Gasteiger partial charge in [-0.25, -0.2) is 9.78 Å². The number of ether oxygens (including phenoxy) is 2. The van der Waals surface area contributed by atoms with Crippen LogP contribution >= 0.6 is 0 Å². The van der Waals surface area contributed by atoms with Gasteiger partial charge in [-0.1, -0.05) is 18.2 Å². The predicted molar refractivity (Wildman–Crippen MR) is 72.6 cm³/mol. The van der Waals surface area contributed by atoms with Crippen LogP contribution in [0.1, 0.15) is 0 Å². The third-order valence-electron chi connectivity index (χ3n) is 2.45. The molecule has 1 aromatic heterocycles. The molecule has 0 aliphatic heterocycles. The van der Waals surface area contributed by atoms with Crippen molar-refractivity contribution < 1.29 is 19.1 Å². The molecule has 1 heterocycles. The molecular weight excluding hydrogens is 260 g/mol. The molecule has 0 saturated carbocycles. The van der Waals surface area contributed by atoms with Gasteiger partial charge in [0.15, 0.2) is 0 Å². The average molecular weight is 274 g/mol. The Hall–Kier alpha value is -2.60. The van der Waals surface area contributed by atoms with Gasteiger partial charge in [0.2, 0.25) is 5.88 Å². The minimum absolute atomic E-state index is 0.242. The number of hydrogen-bond acceptors (Lipinski definition) is 5. The first kappa shape index (κ1) is 13.8. The Kier molecular flexibility index (Phi) is 4.52. The van der Waals surface area contributed by atoms with Gasteiger partial charge in [-0.2, -0.15) is 0 Å². The Balaban J connectivity index is 2.32. The van der Waals surface area contributed by atoms with Crippen molar-refractivity contribution in [2.45, 2.75) is 0 Å². The maximum atomic E-state index is 11.6. The first-order valence-corrected chi connectivity index (χ1v) is 5.86. The van der Waals surface area contributed by atoms with Crippen molar-refractivity contribution >= 4 is 11.8 Å². The van der Waals surface area contributed by atoms with E-state index in [-0.39, 0.29) is 5.88 Å². The minimum Gasteiger partial charge on any atom is -0.451 e. The summed E-state index contributed by atoms with van der Waals surface area (Å²) in [6, 6.07) is 12.4. The smallest absolute Gasteiger partial charge is 0.438 e. The Labute approximate surface area is 116 Å². The molecule has 0 bridgehead atoms. The van der Waals surface area contributed by atoms with E-state index in [0.29, 0.717) is 11.4 Å². The van der Waals surface area contributed by atoms with Gasteiger partial charge in [0, 0.05) is 6.20 Å². The van der Waals surface area contributed by atoms with Crippen LogP contribution in [0.4, 0.5) is 10.5 Å². The summed E-state index contributed by atoms with van der Waals surface area (Å²) in [4.78, 5) is 20.8. The SMILES string of the molecule is COC(=O)N(OC)c1cccnc1Oc1ccccc1. The van der Waals surface area contributed by atoms with E-state index in [4.69, 9.17) is 9.57 Å². The molecule has 20 heavy (non-hydrogen) atoms. The number of methoxy groups -OCH3 is 1. The number of benzene rings is 1. The number of carbonyl (C=O) groups excluding carboxylic acids is 1. The van der Waals surface area contributed by atoms with Crippen molar-refractivity contribution in [2.24, 2.45) is 0 Å². The summed E-state index contributed by atoms with van der Waals surface area (Å²) < 4.78 is 10.3. The Morgan fingerprint density at radius 3 is 2.50 bits per heavy atom. The van der Waals surface area contributed by atoms with Crippen LogP contribution in [-0.2, 0) is 9.57 Å². The van der Waals surface area contributed by atoms with Crippen LogP contribution in [0.2, 0.25) is 0 Å². The lowest BCUT2D eigenvalue weighted by molar-refractivity contribution is 0.115. The van der Waals surface area contributed by atoms with Crippen LogP contribution < -0.4 is 9.80 Å². The molecule has 0 spiro atoms. The van der Waals surface area contributed by atoms with Crippen LogP contribution in [0, 0.1) is 0 Å². The Morgan fingerprint density at radius 2 is 1.85 bits per heavy atom. The van der Waals surface area contributed by atoms with E-state index < -0.39 is 6.09 Å². The molecule has 2 aromatic rings. The highest BCUT2D eigenvalue weighted by Gasteiger charge is 2.21. The van der Waals surface area contributed by atoms with Crippen molar-refractivity contribution in [1.29, 1.82) is 0 Å². The zero-order valence-corrected chi connectivity index (χ0v) is 11.1. The van der Waals surface area contributed by atoms with Crippen LogP contribution in [0.3, 0.4) is 0 Å². The van der Waals surface area contributed by atoms with E-state index in [1.165, 1.54) is 14.2 Å². The average Bonchev–Trinajstić information content (AvgIpc) is 2.50. The van der Waals surface area contributed by atoms with Gasteiger partial charge in [0.25, 0.3) is 0 Å². The van der Waals surface area contributed by atoms with Crippen LogP contribution in [0.25, 0.3) is 0 Å². The second kappa shape index (κ2) is 6.53. The van der Waals surface area contributed by atoms with Crippen molar-refractivity contribution in [1.82, 2.24) is 4.98 Å². The summed E-state index contributed by atoms with van der Waals surface area (Å²) >= 11 is 0. The van der Waals surface area contributed by atoms with E-state index in [0.717, 1.165) is 5.06 Å². The fourth-order valence-corrected chi connectivity index (χ4v) is 1.57. The zero-order valence-electron chi connectivity index (χ0n) is 11.1. The third kappa shape index (κ3) is 3.04. The van der Waals surface area contributed by atoms with E-state index in [1.807, 2.05) is 18.2 Å². The molecule has 6 heteroatoms. The minimum atomic E-state index is -0.668. The van der Waals surface area contributed by atoms with E-state index in [2.05, 4.69) is 9.72 Å². The highest BCUT2D eigenvalue weighted by atomic mass is 16.7. The molecule has 0 fully saturated rings. The van der Waals surface area contributed by atoms with E-state index in [9.17, 15) is 4.79 Å². The van der Waals surface area contributed by atoms with E-state index in [1.54, 1.807) is 30.5 Å². The normalized spacial score (nSPS) is 9.90. The highest BCUT2D eigenvalue weighted by Crippen LogP contribution is 2.30. The molecule has 0 radical (unpaired) electrons. The topological polar surface area (TPSA) is 60.9 Å². The van der Waals surface area contributed by atoms with Gasteiger partial charge in [-0.3, -0.25) is 4.84 Å². The molecule has 2 rings (SSSR count). The molecule has 1 aromatic carbocycles. The second-order valence-corrected chi connectivity index (χ2v) is 3.69. The first-order valence-electron chi connectivity index (χ1n) is 5.86. The largest absolute Gasteiger partial charge is 0.451 e. The highest BCUT2D eigenvalue weighted by molar-refractivity contribution is 5.86. The lowest BCUT2D eigenvalue weighted by Crippen LogP contribution is -2.29. The molecule has 0 unspecified atom stereocenters. The Bertz CT molecular complexity index is 574. The molecule has 0 aliphatic carbocycles. The summed E-state index contributed by atoms with van der Waals surface area (Å²) in [6.07, 6.45) is 0.894. The van der Waals surface area contributed by atoms with Gasteiger partial charge >= 0.3 is 6.09 Å². The van der Waals surface area contributed by atoms with Crippen LogP contribution in [0.5, 0.6) is 11.6 Å². The predicted octanol–water partition coefficient (Wildman–Crippen LogP) is 3.01. The van der Waals surface area contributed by atoms with Crippen LogP contribution in [-0.4, -0.2) is 25.3 Å². The number of hydroxylamine groups is 1. The van der Waals surface area contributed by atoms with Crippen molar-refractivity contribution in [3.8, 4) is 11.6 Å². The Morgan fingerprint density at radius 1 is 1.10 bits per heavy atom. The second-order valence-electron chi connectivity index (χ2n) is 3.69. The molecule has 0 atom stereocenters. The standard InChI is InChI=1S/C14H14N2O4/c1-18-14(17)16(19-2)12-9-6-10-15-13(12)20-11-7-4-3-5-8-11/h3-10H,1-2H3. The molecule has 104 valence electrons. The number of carbonyl (C=O) groups is 1. The van der Waals surface area contributed by atoms with Gasteiger partial charge in [-0.05, 0) is 24.3 Å². The summed E-state index contributed by atoms with van der Waals surface area (Å²) in [5.74, 6) is 0.847. The number of amides is 1. The maximum Gasteiger partial charge on any atom is 0.438 e. The first-order chi connectivity index (χ1) is 9.76. The molecule has 1 amide bonds. The molecule has 0 N–H and O–H groups in total.